The number of carbonyl (C=O) groups is 8. The number of rotatable bonds is 22. The highest BCUT2D eigenvalue weighted by Crippen LogP contribution is 2.46. The topological polar surface area (TPSA) is 282 Å². The van der Waals surface area contributed by atoms with E-state index in [1.807, 2.05) is 0 Å². The van der Waals surface area contributed by atoms with E-state index in [1.165, 1.54) is 15.5 Å². The predicted octanol–water partition coefficient (Wildman–Crippen LogP) is 3.47. The first-order chi connectivity index (χ1) is 35.1. The molecule has 2 aliphatic heterocycles. The number of hydrogen-bond acceptors (Lipinski definition) is 14. The standard InChI is InChI=1S/C53H62FN7O13/c1-6-53(72)35-23-40-48-33(26-61(40)49(69)34(35)28-73-50(53)70)47-37(14-13-32-29(2)36(54)24-39(59-48)46(32)47)57-44(66)18-20-60(27-45(67)68)21-19-55-42(64)17-15-41(63)38(22-30-10-8-7-9-11-30)58-43(65)16-12-31(62)25-56-51(71)74-52(3,4)5/h7-11,23-24,37-38,72H,6,12-22,25-28H2,1-5H3,(H,55,64)(H,56,71)(H,57,66)(H,58,65)(H,67,68)/t37-,38-,53-/m0/s1. The number of carboxylic acid groups (broad SMARTS) is 1. The Hall–Kier alpha value is -7.39. The number of carboxylic acids is 1. The first-order valence-corrected chi connectivity index (χ1v) is 24.7. The molecule has 21 heteroatoms. The summed E-state index contributed by atoms with van der Waals surface area (Å²) in [5, 5.41) is 32.6. The third-order valence-electron chi connectivity index (χ3n) is 13.5. The molecule has 1 aliphatic carbocycles. The van der Waals surface area contributed by atoms with E-state index in [2.05, 4.69) is 21.3 Å². The third kappa shape index (κ3) is 12.5. The van der Waals surface area contributed by atoms with Gasteiger partial charge in [-0.1, -0.05) is 37.3 Å². The number of carbonyl (C=O) groups excluding carboxylic acids is 7. The maximum atomic E-state index is 15.4. The molecule has 3 atom stereocenters. The van der Waals surface area contributed by atoms with Crippen molar-refractivity contribution in [1.82, 2.24) is 35.7 Å². The zero-order chi connectivity index (χ0) is 53.6. The molecular weight excluding hydrogens is 962 g/mol. The molecule has 0 fully saturated rings. The molecule has 4 amide bonds. The number of hydrogen-bond donors (Lipinski definition) is 6. The molecule has 7 rings (SSSR count). The fourth-order valence-electron chi connectivity index (χ4n) is 9.73. The van der Waals surface area contributed by atoms with E-state index >= 15 is 4.39 Å². The highest BCUT2D eigenvalue weighted by Gasteiger charge is 2.46. The Morgan fingerprint density at radius 1 is 0.946 bits per heavy atom. The van der Waals surface area contributed by atoms with Gasteiger partial charge in [0.05, 0.1) is 54.2 Å². The van der Waals surface area contributed by atoms with Crippen LogP contribution in [0, 0.1) is 12.7 Å². The number of ketones is 2. The van der Waals surface area contributed by atoms with Crippen LogP contribution in [0.5, 0.6) is 0 Å². The minimum Gasteiger partial charge on any atom is -0.480 e. The first kappa shape index (κ1) is 54.4. The molecule has 6 N–H and O–H groups in total. The molecule has 4 aromatic rings. The summed E-state index contributed by atoms with van der Waals surface area (Å²) in [5.74, 6) is -4.84. The van der Waals surface area contributed by atoms with Gasteiger partial charge in [-0.15, -0.1) is 0 Å². The summed E-state index contributed by atoms with van der Waals surface area (Å²) in [4.78, 5) is 123. The van der Waals surface area contributed by atoms with Gasteiger partial charge in [-0.25, -0.2) is 19.0 Å². The van der Waals surface area contributed by atoms with Crippen molar-refractivity contribution in [3.8, 4) is 11.4 Å². The van der Waals surface area contributed by atoms with Crippen molar-refractivity contribution in [3.63, 3.8) is 0 Å². The zero-order valence-corrected chi connectivity index (χ0v) is 42.1. The highest BCUT2D eigenvalue weighted by atomic mass is 19.1. The quantitative estimate of drug-likeness (QED) is 0.0542. The highest BCUT2D eigenvalue weighted by molar-refractivity contribution is 5.95. The number of esters is 1. The molecule has 394 valence electrons. The van der Waals surface area contributed by atoms with Crippen LogP contribution in [-0.2, 0) is 74.6 Å². The minimum absolute atomic E-state index is 0.00971. The van der Waals surface area contributed by atoms with Gasteiger partial charge in [0.2, 0.25) is 17.7 Å². The van der Waals surface area contributed by atoms with Crippen LogP contribution < -0.4 is 26.8 Å². The number of aliphatic hydroxyl groups is 1. The number of alkyl carbamates (subject to hydrolysis) is 1. The number of nitrogens with zero attached hydrogens (tertiary/aromatic N) is 3. The van der Waals surface area contributed by atoms with Crippen molar-refractivity contribution in [2.75, 3.05) is 32.7 Å². The molecular formula is C53H62FN7O13. The molecule has 0 unspecified atom stereocenters. The molecule has 0 saturated heterocycles. The van der Waals surface area contributed by atoms with E-state index in [0.29, 0.717) is 51.8 Å². The Kier molecular flexibility index (Phi) is 16.8. The molecule has 0 saturated carbocycles. The number of aryl methyl sites for hydroxylation is 1. The lowest BCUT2D eigenvalue weighted by Crippen LogP contribution is -2.44. The summed E-state index contributed by atoms with van der Waals surface area (Å²) in [7, 11) is 0. The second kappa shape index (κ2) is 22.8. The van der Waals surface area contributed by atoms with Crippen LogP contribution in [0.4, 0.5) is 9.18 Å². The van der Waals surface area contributed by atoms with Crippen molar-refractivity contribution < 1.29 is 62.4 Å². The Morgan fingerprint density at radius 3 is 2.38 bits per heavy atom. The summed E-state index contributed by atoms with van der Waals surface area (Å²) in [6.07, 6.45) is -0.984. The Morgan fingerprint density at radius 2 is 1.68 bits per heavy atom. The summed E-state index contributed by atoms with van der Waals surface area (Å²) in [6, 6.07) is 10.2. The summed E-state index contributed by atoms with van der Waals surface area (Å²) in [6.45, 7) is 7.26. The largest absolute Gasteiger partial charge is 0.480 e. The molecule has 20 nitrogen and oxygen atoms in total. The zero-order valence-electron chi connectivity index (χ0n) is 42.1. The number of amides is 4. The number of fused-ring (bicyclic) bond motifs is 5. The number of ether oxygens (including phenoxy) is 2. The lowest BCUT2D eigenvalue weighted by atomic mass is 9.81. The average molecular weight is 1020 g/mol. The van der Waals surface area contributed by atoms with Crippen LogP contribution in [0.25, 0.3) is 22.3 Å². The molecule has 3 aliphatic rings. The van der Waals surface area contributed by atoms with Gasteiger partial charge < -0.3 is 45.5 Å². The van der Waals surface area contributed by atoms with Gasteiger partial charge in [-0.2, -0.15) is 0 Å². The van der Waals surface area contributed by atoms with E-state index < -0.39 is 88.5 Å². The van der Waals surface area contributed by atoms with Crippen LogP contribution >= 0.6 is 0 Å². The first-order valence-electron chi connectivity index (χ1n) is 24.7. The van der Waals surface area contributed by atoms with Crippen molar-refractivity contribution in [1.29, 1.82) is 0 Å². The van der Waals surface area contributed by atoms with E-state index in [9.17, 15) is 53.4 Å². The van der Waals surface area contributed by atoms with Crippen LogP contribution in [0.3, 0.4) is 0 Å². The monoisotopic (exact) mass is 1020 g/mol. The van der Waals surface area contributed by atoms with Crippen LogP contribution in [-0.4, -0.2) is 116 Å². The molecule has 2 aromatic carbocycles. The number of pyridine rings is 2. The second-order valence-electron chi connectivity index (χ2n) is 19.9. The molecule has 0 radical (unpaired) electrons. The molecule has 74 heavy (non-hydrogen) atoms. The molecule has 0 bridgehead atoms. The molecule has 4 heterocycles. The molecule has 0 spiro atoms. The van der Waals surface area contributed by atoms with Crippen molar-refractivity contribution in [2.24, 2.45) is 0 Å². The van der Waals surface area contributed by atoms with Gasteiger partial charge in [-0.05, 0) is 81.7 Å². The SMILES string of the molecule is CC[C@@]1(O)C(=O)OCc2c1cc1n(c2=O)Cc2c-1nc1cc(F)c(C)c3c1c2[C@@H](NC(=O)CCN(CCNC(=O)CCC(=O)[C@H](Cc1ccccc1)NC(=O)CCC(=O)CNC(=O)OC(C)(C)C)CC(=O)O)CC3. The van der Waals surface area contributed by atoms with Crippen LogP contribution in [0.2, 0.25) is 0 Å². The van der Waals surface area contributed by atoms with Crippen molar-refractivity contribution in [2.45, 2.75) is 129 Å². The molecule has 2 aromatic heterocycles. The van der Waals surface area contributed by atoms with E-state index in [-0.39, 0.29) is 95.4 Å². The Balaban J connectivity index is 0.953. The van der Waals surface area contributed by atoms with E-state index in [0.717, 1.165) is 11.1 Å². The second-order valence-corrected chi connectivity index (χ2v) is 19.9. The van der Waals surface area contributed by atoms with Gasteiger partial charge in [0, 0.05) is 74.3 Å². The Bertz CT molecular complexity index is 2970. The van der Waals surface area contributed by atoms with Gasteiger partial charge in [0.25, 0.3) is 5.56 Å². The number of benzene rings is 2. The normalized spacial score (nSPS) is 16.8. The van der Waals surface area contributed by atoms with Crippen molar-refractivity contribution in [3.05, 3.63) is 97.6 Å². The van der Waals surface area contributed by atoms with Crippen LogP contribution in [0.15, 0.2) is 47.3 Å². The maximum Gasteiger partial charge on any atom is 0.408 e. The third-order valence-corrected chi connectivity index (χ3v) is 13.5. The smallest absolute Gasteiger partial charge is 0.408 e. The maximum absolute atomic E-state index is 15.4. The average Bonchev–Trinajstić information content (AvgIpc) is 3.72. The van der Waals surface area contributed by atoms with E-state index in [4.69, 9.17) is 14.5 Å². The predicted molar refractivity (Wildman–Crippen MR) is 265 cm³/mol. The number of Topliss-reactive ketones (excluding diaryl/α,β-unsaturated/α-hetero) is 2. The number of cyclic esters (lactones) is 1. The van der Waals surface area contributed by atoms with E-state index in [1.54, 1.807) is 71.0 Å². The number of aromatic nitrogens is 2. The lowest BCUT2D eigenvalue weighted by Gasteiger charge is -2.31. The van der Waals surface area contributed by atoms with Crippen molar-refractivity contribution >= 4 is 58.2 Å². The van der Waals surface area contributed by atoms with Gasteiger partial charge >= 0.3 is 18.0 Å². The number of nitrogens with one attached hydrogen (secondary N) is 4. The fraction of sp³-hybridized carbons (Fsp3) is 0.472. The fourth-order valence-corrected chi connectivity index (χ4v) is 9.73. The minimum atomic E-state index is -2.06. The van der Waals surface area contributed by atoms with Gasteiger partial charge in [0.1, 0.15) is 18.0 Å². The van der Waals surface area contributed by atoms with Crippen LogP contribution in [0.1, 0.15) is 118 Å². The Labute approximate surface area is 425 Å². The van der Waals surface area contributed by atoms with Gasteiger partial charge in [0.15, 0.2) is 17.2 Å². The number of aliphatic carboxylic acids is 1. The summed E-state index contributed by atoms with van der Waals surface area (Å²) in [5.41, 5.74) is 1.17. The number of halogens is 1. The lowest BCUT2D eigenvalue weighted by molar-refractivity contribution is -0.172. The van der Waals surface area contributed by atoms with Gasteiger partial charge in [-0.3, -0.25) is 38.5 Å². The summed E-state index contributed by atoms with van der Waals surface area (Å²) < 4.78 is 27.2. The summed E-state index contributed by atoms with van der Waals surface area (Å²) >= 11 is 0.